The van der Waals surface area contributed by atoms with Gasteiger partial charge in [0.25, 0.3) is 0 Å². The van der Waals surface area contributed by atoms with Crippen molar-refractivity contribution in [3.8, 4) is 5.75 Å². The molecule has 0 saturated carbocycles. The molecule has 1 heterocycles. The lowest BCUT2D eigenvalue weighted by Gasteiger charge is -2.30. The van der Waals surface area contributed by atoms with E-state index >= 15 is 0 Å². The zero-order valence-corrected chi connectivity index (χ0v) is 13.1. The summed E-state index contributed by atoms with van der Waals surface area (Å²) in [6.07, 6.45) is -4.51. The summed E-state index contributed by atoms with van der Waals surface area (Å²) in [5.74, 6) is 0.177. The number of aldehydes is 1. The average molecular weight is 380 g/mol. The van der Waals surface area contributed by atoms with Crippen molar-refractivity contribution < 1.29 is 40.5 Å². The van der Waals surface area contributed by atoms with Crippen molar-refractivity contribution in [3.05, 3.63) is 40.4 Å². The molecular formula is C13H11F3N2O6S. The zero-order valence-electron chi connectivity index (χ0n) is 12.3. The highest BCUT2D eigenvalue weighted by atomic mass is 32.2. The summed E-state index contributed by atoms with van der Waals surface area (Å²) in [6.45, 7) is -1.75. The summed E-state index contributed by atoms with van der Waals surface area (Å²) in [5, 5.41) is -0.100. The quantitative estimate of drug-likeness (QED) is 0.592. The molecule has 1 aromatic carbocycles. The molecule has 2 amide bonds. The molecule has 2 rings (SSSR count). The molecule has 0 aliphatic carbocycles. The molecule has 0 atom stereocenters. The first-order valence-corrected chi connectivity index (χ1v) is 7.98. The maximum Gasteiger partial charge on any atom is 0.417 e. The maximum absolute atomic E-state index is 13.0. The standard InChI is InChI=1S/C13H11F3N2O6S/c14-13(15,16)10-5-18(12(20)17-11(10)25(21,22)23)7-24-9-3-1-8(6-19)2-4-9/h1-4,6H,5,7H2,(H,17,20)(H,21,22,23). The van der Waals surface area contributed by atoms with Gasteiger partial charge in [0, 0.05) is 5.56 Å². The van der Waals surface area contributed by atoms with E-state index in [1.165, 1.54) is 29.6 Å². The molecule has 1 aromatic rings. The molecule has 2 N–H and O–H groups in total. The molecule has 12 heteroatoms. The van der Waals surface area contributed by atoms with E-state index in [0.717, 1.165) is 0 Å². The average Bonchev–Trinajstić information content (AvgIpc) is 2.52. The number of ether oxygens (including phenoxy) is 1. The van der Waals surface area contributed by atoms with Crippen molar-refractivity contribution in [1.82, 2.24) is 10.2 Å². The summed E-state index contributed by atoms with van der Waals surface area (Å²) >= 11 is 0. The van der Waals surface area contributed by atoms with Gasteiger partial charge in [0.1, 0.15) is 12.0 Å². The van der Waals surface area contributed by atoms with Crippen LogP contribution in [0.1, 0.15) is 10.4 Å². The Morgan fingerprint density at radius 3 is 2.36 bits per heavy atom. The van der Waals surface area contributed by atoms with E-state index in [-0.39, 0.29) is 5.75 Å². The first kappa shape index (κ1) is 18.7. The Kier molecular flexibility index (Phi) is 5.04. The van der Waals surface area contributed by atoms with Gasteiger partial charge in [0.2, 0.25) is 0 Å². The minimum absolute atomic E-state index is 0.177. The zero-order chi connectivity index (χ0) is 18.8. The van der Waals surface area contributed by atoms with Crippen molar-refractivity contribution in [3.63, 3.8) is 0 Å². The molecular weight excluding hydrogens is 369 g/mol. The number of urea groups is 1. The summed E-state index contributed by atoms with van der Waals surface area (Å²) in [7, 11) is -5.26. The third kappa shape index (κ3) is 4.48. The van der Waals surface area contributed by atoms with E-state index in [1.54, 1.807) is 0 Å². The van der Waals surface area contributed by atoms with Gasteiger partial charge in [-0.15, -0.1) is 0 Å². The Labute approximate surface area is 139 Å². The Balaban J connectivity index is 2.19. The van der Waals surface area contributed by atoms with Crippen LogP contribution in [0.5, 0.6) is 5.75 Å². The van der Waals surface area contributed by atoms with Crippen LogP contribution >= 0.6 is 0 Å². The minimum Gasteiger partial charge on any atom is -0.473 e. The van der Waals surface area contributed by atoms with Crippen molar-refractivity contribution in [2.24, 2.45) is 0 Å². The number of carbonyl (C=O) groups excluding carboxylic acids is 2. The third-order valence-electron chi connectivity index (χ3n) is 3.13. The van der Waals surface area contributed by atoms with E-state index in [2.05, 4.69) is 0 Å². The number of carbonyl (C=O) groups is 2. The molecule has 0 aromatic heterocycles. The van der Waals surface area contributed by atoms with Gasteiger partial charge < -0.3 is 4.74 Å². The van der Waals surface area contributed by atoms with Gasteiger partial charge in [-0.3, -0.25) is 19.6 Å². The van der Waals surface area contributed by atoms with Crippen LogP contribution in [0.2, 0.25) is 0 Å². The molecule has 0 unspecified atom stereocenters. The lowest BCUT2D eigenvalue weighted by Crippen LogP contribution is -2.50. The third-order valence-corrected chi connectivity index (χ3v) is 4.00. The summed E-state index contributed by atoms with van der Waals surface area (Å²) < 4.78 is 75.0. The fourth-order valence-electron chi connectivity index (χ4n) is 1.92. The van der Waals surface area contributed by atoms with Crippen molar-refractivity contribution in [1.29, 1.82) is 0 Å². The second kappa shape index (κ2) is 6.72. The lowest BCUT2D eigenvalue weighted by molar-refractivity contribution is -0.0972. The SMILES string of the molecule is O=Cc1ccc(OCN2CC(C(F)(F)F)=C(S(=O)(=O)O)NC2=O)cc1. The summed E-state index contributed by atoms with van der Waals surface area (Å²) in [4.78, 5) is 22.8. The van der Waals surface area contributed by atoms with Crippen LogP contribution in [-0.2, 0) is 10.1 Å². The molecule has 8 nitrogen and oxygen atoms in total. The monoisotopic (exact) mass is 380 g/mol. The van der Waals surface area contributed by atoms with Crippen LogP contribution in [0.3, 0.4) is 0 Å². The predicted octanol–water partition coefficient (Wildman–Crippen LogP) is 1.52. The molecule has 1 aliphatic heterocycles. The van der Waals surface area contributed by atoms with Crippen LogP contribution in [0.4, 0.5) is 18.0 Å². The summed E-state index contributed by atoms with van der Waals surface area (Å²) in [6, 6.07) is 4.35. The van der Waals surface area contributed by atoms with Gasteiger partial charge in [-0.1, -0.05) is 0 Å². The number of benzene rings is 1. The molecule has 25 heavy (non-hydrogen) atoms. The molecule has 136 valence electrons. The van der Waals surface area contributed by atoms with Crippen molar-refractivity contribution in [2.45, 2.75) is 6.18 Å². The highest BCUT2D eigenvalue weighted by molar-refractivity contribution is 7.89. The van der Waals surface area contributed by atoms with Gasteiger partial charge in [0.05, 0.1) is 12.1 Å². The highest BCUT2D eigenvalue weighted by Crippen LogP contribution is 2.32. The maximum atomic E-state index is 13.0. The lowest BCUT2D eigenvalue weighted by atomic mass is 10.2. The first-order chi connectivity index (χ1) is 11.5. The molecule has 0 bridgehead atoms. The second-order valence-electron chi connectivity index (χ2n) is 4.87. The van der Waals surface area contributed by atoms with Crippen LogP contribution in [0.25, 0.3) is 0 Å². The first-order valence-electron chi connectivity index (χ1n) is 6.54. The van der Waals surface area contributed by atoms with Crippen LogP contribution in [-0.4, -0.2) is 49.6 Å². The van der Waals surface area contributed by atoms with Crippen molar-refractivity contribution in [2.75, 3.05) is 13.3 Å². The highest BCUT2D eigenvalue weighted by Gasteiger charge is 2.45. The van der Waals surface area contributed by atoms with Gasteiger partial charge in [-0.25, -0.2) is 4.79 Å². The van der Waals surface area contributed by atoms with Gasteiger partial charge in [0.15, 0.2) is 11.8 Å². The number of nitrogens with one attached hydrogen (secondary N) is 1. The molecule has 0 fully saturated rings. The Bertz CT molecular complexity index is 817. The minimum atomic E-state index is -5.26. The number of hydrogen-bond donors (Lipinski definition) is 2. The van der Waals surface area contributed by atoms with E-state index in [4.69, 9.17) is 9.29 Å². The van der Waals surface area contributed by atoms with Crippen LogP contribution in [0.15, 0.2) is 34.9 Å². The number of halogens is 3. The molecule has 1 aliphatic rings. The van der Waals surface area contributed by atoms with Crippen LogP contribution in [0, 0.1) is 0 Å². The smallest absolute Gasteiger partial charge is 0.417 e. The Hall–Kier alpha value is -2.60. The van der Waals surface area contributed by atoms with Gasteiger partial charge in [-0.05, 0) is 24.3 Å². The van der Waals surface area contributed by atoms with E-state index in [0.29, 0.717) is 16.7 Å². The fraction of sp³-hybridized carbons (Fsp3) is 0.231. The van der Waals surface area contributed by atoms with E-state index < -0.39 is 46.2 Å². The van der Waals surface area contributed by atoms with Gasteiger partial charge >= 0.3 is 22.3 Å². The molecule has 0 spiro atoms. The number of nitrogens with zero attached hydrogens (tertiary/aromatic N) is 1. The second-order valence-corrected chi connectivity index (χ2v) is 6.23. The number of hydrogen-bond acceptors (Lipinski definition) is 5. The normalized spacial score (nSPS) is 15.8. The Morgan fingerprint density at radius 2 is 1.88 bits per heavy atom. The predicted molar refractivity (Wildman–Crippen MR) is 77.2 cm³/mol. The van der Waals surface area contributed by atoms with E-state index in [1.807, 2.05) is 0 Å². The Morgan fingerprint density at radius 1 is 1.28 bits per heavy atom. The fourth-order valence-corrected chi connectivity index (χ4v) is 2.63. The van der Waals surface area contributed by atoms with Crippen molar-refractivity contribution >= 4 is 22.4 Å². The topological polar surface area (TPSA) is 113 Å². The molecule has 0 saturated heterocycles. The number of rotatable bonds is 5. The van der Waals surface area contributed by atoms with E-state index in [9.17, 15) is 31.2 Å². The van der Waals surface area contributed by atoms with Gasteiger partial charge in [-0.2, -0.15) is 21.6 Å². The largest absolute Gasteiger partial charge is 0.473 e. The summed E-state index contributed by atoms with van der Waals surface area (Å²) in [5.41, 5.74) is -1.28. The van der Waals surface area contributed by atoms with Crippen LogP contribution < -0.4 is 10.1 Å². The molecule has 0 radical (unpaired) electrons. The number of amides is 2. The number of alkyl halides is 3.